The minimum absolute atomic E-state index is 0.439. The average molecular weight is 220 g/mol. The van der Waals surface area contributed by atoms with Gasteiger partial charge in [-0.1, -0.05) is 0 Å². The maximum Gasteiger partial charge on any atom is 0.391 e. The zero-order chi connectivity index (χ0) is 11.7. The summed E-state index contributed by atoms with van der Waals surface area (Å²) < 4.78 is 35.8. The van der Waals surface area contributed by atoms with E-state index < -0.39 is 30.0 Å². The van der Waals surface area contributed by atoms with Gasteiger partial charge in [-0.25, -0.2) is 0 Å². The van der Waals surface area contributed by atoms with Crippen LogP contribution in [-0.4, -0.2) is 18.1 Å². The van der Waals surface area contributed by atoms with E-state index >= 15 is 0 Å². The summed E-state index contributed by atoms with van der Waals surface area (Å²) in [6, 6.07) is 0.844. The van der Waals surface area contributed by atoms with Gasteiger partial charge >= 0.3 is 6.18 Å². The highest BCUT2D eigenvalue weighted by molar-refractivity contribution is 5.88. The Kier molecular flexibility index (Phi) is 2.93. The molecule has 1 unspecified atom stereocenters. The lowest BCUT2D eigenvalue weighted by Gasteiger charge is -2.17. The molecule has 0 bridgehead atoms. The van der Waals surface area contributed by atoms with E-state index in [2.05, 4.69) is 5.32 Å². The molecule has 1 rings (SSSR count). The van der Waals surface area contributed by atoms with Crippen molar-refractivity contribution in [3.63, 3.8) is 0 Å². The minimum Gasteiger partial charge on any atom is -0.352 e. The highest BCUT2D eigenvalue weighted by Crippen LogP contribution is 2.45. The van der Waals surface area contributed by atoms with Crippen LogP contribution in [0.1, 0.15) is 26.2 Å². The van der Waals surface area contributed by atoms with Crippen molar-refractivity contribution in [3.8, 4) is 6.07 Å². The number of nitrogens with one attached hydrogen (secondary N) is 1. The maximum absolute atomic E-state index is 11.9. The van der Waals surface area contributed by atoms with Crippen LogP contribution in [0.5, 0.6) is 0 Å². The second kappa shape index (κ2) is 3.72. The number of amides is 1. The molecular weight excluding hydrogens is 209 g/mol. The van der Waals surface area contributed by atoms with Gasteiger partial charge in [-0.2, -0.15) is 18.4 Å². The predicted octanol–water partition coefficient (Wildman–Crippen LogP) is 1.75. The van der Waals surface area contributed by atoms with Gasteiger partial charge in [0.2, 0.25) is 5.91 Å². The number of alkyl halides is 3. The van der Waals surface area contributed by atoms with Gasteiger partial charge in [0.15, 0.2) is 0 Å². The lowest BCUT2D eigenvalue weighted by Crippen LogP contribution is -2.40. The summed E-state index contributed by atoms with van der Waals surface area (Å²) in [5.74, 6) is -0.582. The number of hydrogen-bond acceptors (Lipinski definition) is 2. The van der Waals surface area contributed by atoms with E-state index in [1.807, 2.05) is 6.07 Å². The third-order valence-corrected chi connectivity index (χ3v) is 2.31. The molecule has 6 heteroatoms. The summed E-state index contributed by atoms with van der Waals surface area (Å²) in [4.78, 5) is 11.4. The lowest BCUT2D eigenvalue weighted by atomic mass is 10.1. The topological polar surface area (TPSA) is 52.9 Å². The first-order valence-electron chi connectivity index (χ1n) is 4.58. The molecule has 0 aliphatic heterocycles. The lowest BCUT2D eigenvalue weighted by molar-refractivity contribution is -0.142. The molecule has 1 fully saturated rings. The summed E-state index contributed by atoms with van der Waals surface area (Å²) in [5, 5.41) is 10.8. The maximum atomic E-state index is 11.9. The van der Waals surface area contributed by atoms with Crippen LogP contribution in [0.4, 0.5) is 13.2 Å². The molecule has 0 aromatic carbocycles. The number of carbonyl (C=O) groups excluding carboxylic acids is 1. The fourth-order valence-electron chi connectivity index (χ4n) is 1.27. The third-order valence-electron chi connectivity index (χ3n) is 2.31. The van der Waals surface area contributed by atoms with Crippen LogP contribution in [0.2, 0.25) is 0 Å². The van der Waals surface area contributed by atoms with Crippen molar-refractivity contribution in [2.75, 3.05) is 0 Å². The summed E-state index contributed by atoms with van der Waals surface area (Å²) in [6.45, 7) is 1.28. The summed E-state index contributed by atoms with van der Waals surface area (Å²) >= 11 is 0. The third kappa shape index (κ3) is 3.11. The summed E-state index contributed by atoms with van der Waals surface area (Å²) in [5.41, 5.74) is -1.06. The number of halogens is 3. The molecule has 0 aromatic rings. The second-order valence-electron chi connectivity index (χ2n) is 3.89. The van der Waals surface area contributed by atoms with Crippen molar-refractivity contribution in [1.29, 1.82) is 5.26 Å². The molecule has 0 aromatic heterocycles. The number of hydrogen-bond donors (Lipinski definition) is 1. The largest absolute Gasteiger partial charge is 0.391 e. The molecule has 0 spiro atoms. The van der Waals surface area contributed by atoms with E-state index in [0.29, 0.717) is 12.8 Å². The fraction of sp³-hybridized carbons (Fsp3) is 0.778. The van der Waals surface area contributed by atoms with Crippen LogP contribution in [0.15, 0.2) is 0 Å². The molecule has 1 aliphatic rings. The van der Waals surface area contributed by atoms with E-state index in [0.717, 1.165) is 0 Å². The van der Waals surface area contributed by atoms with Gasteiger partial charge in [0.05, 0.1) is 12.5 Å². The highest BCUT2D eigenvalue weighted by Gasteiger charge is 2.51. The van der Waals surface area contributed by atoms with Crippen LogP contribution in [0.25, 0.3) is 0 Å². The first kappa shape index (κ1) is 11.8. The van der Waals surface area contributed by atoms with Crippen LogP contribution >= 0.6 is 0 Å². The summed E-state index contributed by atoms with van der Waals surface area (Å²) in [7, 11) is 0. The van der Waals surface area contributed by atoms with Crippen LogP contribution in [0.3, 0.4) is 0 Å². The van der Waals surface area contributed by atoms with E-state index in [-0.39, 0.29) is 0 Å². The van der Waals surface area contributed by atoms with Gasteiger partial charge < -0.3 is 5.32 Å². The van der Waals surface area contributed by atoms with Gasteiger partial charge in [0.1, 0.15) is 5.41 Å². The van der Waals surface area contributed by atoms with E-state index in [1.165, 1.54) is 6.92 Å². The highest BCUT2D eigenvalue weighted by atomic mass is 19.4. The van der Waals surface area contributed by atoms with Crippen molar-refractivity contribution in [2.24, 2.45) is 5.41 Å². The fourth-order valence-corrected chi connectivity index (χ4v) is 1.27. The van der Waals surface area contributed by atoms with Crippen LogP contribution < -0.4 is 5.32 Å². The van der Waals surface area contributed by atoms with E-state index in [1.54, 1.807) is 0 Å². The smallest absolute Gasteiger partial charge is 0.352 e. The van der Waals surface area contributed by atoms with Crippen LogP contribution in [-0.2, 0) is 4.79 Å². The Morgan fingerprint density at radius 3 is 2.47 bits per heavy atom. The van der Waals surface area contributed by atoms with E-state index in [9.17, 15) is 18.0 Å². The predicted molar refractivity (Wildman–Crippen MR) is 45.6 cm³/mol. The van der Waals surface area contributed by atoms with Crippen LogP contribution in [0, 0.1) is 16.7 Å². The molecule has 1 atom stereocenters. The minimum atomic E-state index is -4.30. The van der Waals surface area contributed by atoms with Crippen molar-refractivity contribution in [3.05, 3.63) is 0 Å². The monoisotopic (exact) mass is 220 g/mol. The standard InChI is InChI=1S/C9H11F3N2O/c1-6(4-9(10,11)12)14-7(15)8(5-13)2-3-8/h6H,2-4H2,1H3,(H,14,15). The van der Waals surface area contributed by atoms with Crippen molar-refractivity contribution < 1.29 is 18.0 Å². The molecule has 1 saturated carbocycles. The van der Waals surface area contributed by atoms with Gasteiger partial charge in [-0.05, 0) is 19.8 Å². The molecule has 0 radical (unpaired) electrons. The Balaban J connectivity index is 2.43. The Hall–Kier alpha value is -1.25. The average Bonchev–Trinajstić information content (AvgIpc) is 2.79. The Bertz CT molecular complexity index is 301. The molecule has 1 aliphatic carbocycles. The number of nitrogens with zero attached hydrogens (tertiary/aromatic N) is 1. The van der Waals surface area contributed by atoms with Crippen molar-refractivity contribution in [2.45, 2.75) is 38.4 Å². The molecule has 1 amide bonds. The molecule has 3 nitrogen and oxygen atoms in total. The molecule has 15 heavy (non-hydrogen) atoms. The second-order valence-corrected chi connectivity index (χ2v) is 3.89. The Morgan fingerprint density at radius 1 is 1.60 bits per heavy atom. The molecule has 84 valence electrons. The quantitative estimate of drug-likeness (QED) is 0.787. The molecule has 1 N–H and O–H groups in total. The van der Waals surface area contributed by atoms with Gasteiger partial charge in [-0.3, -0.25) is 4.79 Å². The molecular formula is C9H11F3N2O. The number of carbonyl (C=O) groups is 1. The number of rotatable bonds is 3. The molecule has 0 heterocycles. The normalized spacial score (nSPS) is 20.2. The van der Waals surface area contributed by atoms with Crippen molar-refractivity contribution in [1.82, 2.24) is 5.32 Å². The number of nitriles is 1. The zero-order valence-electron chi connectivity index (χ0n) is 8.19. The van der Waals surface area contributed by atoms with Gasteiger partial charge in [0.25, 0.3) is 0 Å². The van der Waals surface area contributed by atoms with Gasteiger partial charge in [-0.15, -0.1) is 0 Å². The first-order chi connectivity index (χ1) is 6.79. The van der Waals surface area contributed by atoms with Gasteiger partial charge in [0, 0.05) is 6.04 Å². The van der Waals surface area contributed by atoms with E-state index in [4.69, 9.17) is 5.26 Å². The first-order valence-corrected chi connectivity index (χ1v) is 4.58. The Morgan fingerprint density at radius 2 is 2.13 bits per heavy atom. The zero-order valence-corrected chi connectivity index (χ0v) is 8.19. The summed E-state index contributed by atoms with van der Waals surface area (Å²) in [6.07, 6.45) is -4.49. The Labute approximate surface area is 85.3 Å². The van der Waals surface area contributed by atoms with Crippen molar-refractivity contribution >= 4 is 5.91 Å². The molecule has 0 saturated heterocycles. The SMILES string of the molecule is CC(CC(F)(F)F)NC(=O)C1(C#N)CC1.